The highest BCUT2D eigenvalue weighted by molar-refractivity contribution is 7.90. The average Bonchev–Trinajstić information content (AvgIpc) is 2.68. The van der Waals surface area contributed by atoms with Crippen LogP contribution in [0.2, 0.25) is 0 Å². The topological polar surface area (TPSA) is 80.3 Å². The Morgan fingerprint density at radius 3 is 1.83 bits per heavy atom. The van der Waals surface area contributed by atoms with E-state index in [1.165, 1.54) is 24.3 Å². The van der Waals surface area contributed by atoms with Crippen molar-refractivity contribution >= 4 is 19.9 Å². The fourth-order valence-electron chi connectivity index (χ4n) is 3.01. The highest BCUT2D eigenvalue weighted by atomic mass is 32.2. The van der Waals surface area contributed by atoms with E-state index in [-0.39, 0.29) is 9.79 Å². The lowest BCUT2D eigenvalue weighted by Crippen LogP contribution is -2.29. The molecule has 3 aromatic rings. The molecule has 0 fully saturated rings. The lowest BCUT2D eigenvalue weighted by atomic mass is 9.96. The molecule has 1 unspecified atom stereocenters. The average molecular weight is 430 g/mol. The van der Waals surface area contributed by atoms with Crippen LogP contribution in [-0.2, 0) is 19.9 Å². The second-order valence-corrected chi connectivity index (χ2v) is 10.8. The van der Waals surface area contributed by atoms with E-state index in [1.54, 1.807) is 0 Å². The fourth-order valence-corrected chi connectivity index (χ4v) is 4.85. The fraction of sp³-hybridized carbons (Fsp3) is 0.182. The standard InChI is InChI=1S/C22H23NO4S2/c1-16-9-10-19(15-17(16)2)22(18-7-5-4-6-8-18)23-29(26,27)21-13-11-20(12-14-21)28(3,24)25/h4-15,22-23H,1-3H3. The van der Waals surface area contributed by atoms with Crippen LogP contribution in [0, 0.1) is 13.8 Å². The highest BCUT2D eigenvalue weighted by Gasteiger charge is 2.23. The molecule has 0 radical (unpaired) electrons. The first-order valence-corrected chi connectivity index (χ1v) is 12.4. The van der Waals surface area contributed by atoms with Gasteiger partial charge in [0.1, 0.15) is 0 Å². The summed E-state index contributed by atoms with van der Waals surface area (Å²) in [6.45, 7) is 3.99. The van der Waals surface area contributed by atoms with E-state index >= 15 is 0 Å². The van der Waals surface area contributed by atoms with E-state index in [0.29, 0.717) is 0 Å². The molecule has 0 saturated heterocycles. The molecule has 152 valence electrons. The van der Waals surface area contributed by atoms with Crippen LogP contribution in [0.25, 0.3) is 0 Å². The molecule has 1 atom stereocenters. The maximum atomic E-state index is 13.0. The summed E-state index contributed by atoms with van der Waals surface area (Å²) in [6, 6.07) is 19.8. The van der Waals surface area contributed by atoms with Crippen LogP contribution in [0.5, 0.6) is 0 Å². The minimum atomic E-state index is -3.89. The minimum absolute atomic E-state index is 0.00895. The third-order valence-corrected chi connectivity index (χ3v) is 7.40. The molecule has 5 nitrogen and oxygen atoms in total. The van der Waals surface area contributed by atoms with Crippen LogP contribution >= 0.6 is 0 Å². The number of sulfonamides is 1. The van der Waals surface area contributed by atoms with E-state index in [4.69, 9.17) is 0 Å². The zero-order valence-corrected chi connectivity index (χ0v) is 18.1. The van der Waals surface area contributed by atoms with Crippen molar-refractivity contribution in [1.82, 2.24) is 4.72 Å². The summed E-state index contributed by atoms with van der Waals surface area (Å²) >= 11 is 0. The van der Waals surface area contributed by atoms with Gasteiger partial charge >= 0.3 is 0 Å². The summed E-state index contributed by atoms with van der Waals surface area (Å²) in [6.07, 6.45) is 1.08. The molecule has 7 heteroatoms. The third-order valence-electron chi connectivity index (χ3n) is 4.83. The van der Waals surface area contributed by atoms with E-state index in [2.05, 4.69) is 4.72 Å². The van der Waals surface area contributed by atoms with Gasteiger partial charge in [-0.05, 0) is 60.4 Å². The normalized spacial score (nSPS) is 13.2. The quantitative estimate of drug-likeness (QED) is 0.647. The zero-order chi connectivity index (χ0) is 21.2. The Kier molecular flexibility index (Phi) is 5.93. The lowest BCUT2D eigenvalue weighted by Gasteiger charge is -2.21. The van der Waals surface area contributed by atoms with E-state index in [0.717, 1.165) is 28.5 Å². The van der Waals surface area contributed by atoms with Crippen LogP contribution in [0.15, 0.2) is 82.6 Å². The molecule has 0 aliphatic rings. The zero-order valence-electron chi connectivity index (χ0n) is 16.5. The maximum Gasteiger partial charge on any atom is 0.241 e. The molecular weight excluding hydrogens is 406 g/mol. The van der Waals surface area contributed by atoms with Crippen LogP contribution < -0.4 is 4.72 Å². The van der Waals surface area contributed by atoms with Crippen LogP contribution in [0.4, 0.5) is 0 Å². The summed E-state index contributed by atoms with van der Waals surface area (Å²) in [5, 5.41) is 0. The second kappa shape index (κ2) is 8.10. The number of nitrogens with one attached hydrogen (secondary N) is 1. The summed E-state index contributed by atoms with van der Waals surface area (Å²) in [7, 11) is -7.28. The van der Waals surface area contributed by atoms with Gasteiger partial charge in [0.15, 0.2) is 9.84 Å². The predicted molar refractivity (Wildman–Crippen MR) is 114 cm³/mol. The molecule has 29 heavy (non-hydrogen) atoms. The van der Waals surface area contributed by atoms with Crippen molar-refractivity contribution in [3.8, 4) is 0 Å². The summed E-state index contributed by atoms with van der Waals surface area (Å²) in [5.41, 5.74) is 3.84. The Balaban J connectivity index is 2.02. The van der Waals surface area contributed by atoms with Gasteiger partial charge in [-0.2, -0.15) is 4.72 Å². The summed E-state index contributed by atoms with van der Waals surface area (Å²) in [5.74, 6) is 0. The number of aryl methyl sites for hydroxylation is 2. The van der Waals surface area contributed by atoms with Gasteiger partial charge in [0.25, 0.3) is 0 Å². The third kappa shape index (κ3) is 4.93. The molecule has 0 amide bonds. The molecule has 3 aromatic carbocycles. The number of benzene rings is 3. The van der Waals surface area contributed by atoms with Crippen molar-refractivity contribution < 1.29 is 16.8 Å². The van der Waals surface area contributed by atoms with Crippen molar-refractivity contribution in [3.63, 3.8) is 0 Å². The van der Waals surface area contributed by atoms with Gasteiger partial charge in [0.05, 0.1) is 15.8 Å². The van der Waals surface area contributed by atoms with Crippen molar-refractivity contribution in [3.05, 3.63) is 95.1 Å². The summed E-state index contributed by atoms with van der Waals surface area (Å²) in [4.78, 5) is 0.0832. The second-order valence-electron chi connectivity index (χ2n) is 7.05. The van der Waals surface area contributed by atoms with Crippen molar-refractivity contribution in [2.24, 2.45) is 0 Å². The van der Waals surface area contributed by atoms with Gasteiger partial charge in [0.2, 0.25) is 10.0 Å². The Bertz CT molecular complexity index is 1220. The van der Waals surface area contributed by atoms with Crippen molar-refractivity contribution in [2.45, 2.75) is 29.7 Å². The molecule has 0 bridgehead atoms. The lowest BCUT2D eigenvalue weighted by molar-refractivity contribution is 0.571. The molecule has 1 N–H and O–H groups in total. The number of hydrogen-bond donors (Lipinski definition) is 1. The molecule has 3 rings (SSSR count). The Hall–Kier alpha value is -2.48. The number of sulfone groups is 1. The van der Waals surface area contributed by atoms with Gasteiger partial charge in [-0.1, -0.05) is 48.5 Å². The number of hydrogen-bond acceptors (Lipinski definition) is 4. The van der Waals surface area contributed by atoms with Gasteiger partial charge in [0, 0.05) is 6.26 Å². The molecule has 0 aromatic heterocycles. The van der Waals surface area contributed by atoms with Gasteiger partial charge < -0.3 is 0 Å². The minimum Gasteiger partial charge on any atom is -0.224 e. The first-order valence-electron chi connectivity index (χ1n) is 9.02. The first kappa shape index (κ1) is 21.2. The largest absolute Gasteiger partial charge is 0.241 e. The first-order chi connectivity index (χ1) is 13.6. The summed E-state index contributed by atoms with van der Waals surface area (Å²) < 4.78 is 52.1. The maximum absolute atomic E-state index is 13.0. The number of rotatable bonds is 6. The van der Waals surface area contributed by atoms with Crippen LogP contribution in [0.3, 0.4) is 0 Å². The van der Waals surface area contributed by atoms with Crippen LogP contribution in [0.1, 0.15) is 28.3 Å². The SMILES string of the molecule is Cc1ccc(C(NS(=O)(=O)c2ccc(S(C)(=O)=O)cc2)c2ccccc2)cc1C. The Morgan fingerprint density at radius 2 is 1.28 bits per heavy atom. The smallest absolute Gasteiger partial charge is 0.224 e. The molecule has 0 heterocycles. The predicted octanol–water partition coefficient (Wildman–Crippen LogP) is 3.77. The van der Waals surface area contributed by atoms with E-state index in [9.17, 15) is 16.8 Å². The highest BCUT2D eigenvalue weighted by Crippen LogP contribution is 2.26. The van der Waals surface area contributed by atoms with Gasteiger partial charge in [-0.15, -0.1) is 0 Å². The van der Waals surface area contributed by atoms with Gasteiger partial charge in [-0.3, -0.25) is 0 Å². The van der Waals surface area contributed by atoms with Crippen LogP contribution in [-0.4, -0.2) is 23.1 Å². The molecular formula is C22H23NO4S2. The Labute approximate surface area is 172 Å². The van der Waals surface area contributed by atoms with E-state index in [1.807, 2.05) is 62.4 Å². The van der Waals surface area contributed by atoms with E-state index < -0.39 is 25.9 Å². The molecule has 0 saturated carbocycles. The Morgan fingerprint density at radius 1 is 0.690 bits per heavy atom. The van der Waals surface area contributed by atoms with Crippen molar-refractivity contribution in [2.75, 3.05) is 6.26 Å². The molecule has 0 spiro atoms. The van der Waals surface area contributed by atoms with Gasteiger partial charge in [-0.25, -0.2) is 16.8 Å². The van der Waals surface area contributed by atoms with Crippen molar-refractivity contribution in [1.29, 1.82) is 0 Å². The molecule has 0 aliphatic heterocycles. The monoisotopic (exact) mass is 429 g/mol. The molecule has 0 aliphatic carbocycles.